The Bertz CT molecular complexity index is 483. The predicted octanol–water partition coefficient (Wildman–Crippen LogP) is 2.16. The van der Waals surface area contributed by atoms with E-state index in [4.69, 9.17) is 15.7 Å². The zero-order valence-electron chi connectivity index (χ0n) is 11.0. The van der Waals surface area contributed by atoms with E-state index in [2.05, 4.69) is 39.8 Å². The number of halogens is 1. The van der Waals surface area contributed by atoms with Crippen molar-refractivity contribution >= 4 is 27.5 Å². The lowest BCUT2D eigenvalue weighted by Crippen LogP contribution is -2.45. The number of ether oxygens (including phenoxy) is 1. The van der Waals surface area contributed by atoms with Crippen LogP contribution in [0.25, 0.3) is 0 Å². The molecule has 0 radical (unpaired) electrons. The maximum absolute atomic E-state index is 8.72. The Morgan fingerprint density at radius 2 is 2.05 bits per heavy atom. The molecule has 1 heterocycles. The van der Waals surface area contributed by atoms with Crippen LogP contribution in [0.3, 0.4) is 0 Å². The van der Waals surface area contributed by atoms with Crippen molar-refractivity contribution in [1.29, 1.82) is 0 Å². The van der Waals surface area contributed by atoms with E-state index < -0.39 is 0 Å². The molecule has 6 heteroatoms. The van der Waals surface area contributed by atoms with Crippen LogP contribution in [0, 0.1) is 0 Å². The molecule has 1 aromatic carbocycles. The first-order valence-electron chi connectivity index (χ1n) is 6.19. The second-order valence-corrected chi connectivity index (χ2v) is 5.67. The largest absolute Gasteiger partial charge is 0.409 e. The highest BCUT2D eigenvalue weighted by atomic mass is 79.9. The molecule has 3 N–H and O–H groups in total. The van der Waals surface area contributed by atoms with Crippen molar-refractivity contribution in [3.8, 4) is 0 Å². The first kappa shape index (κ1) is 14.1. The van der Waals surface area contributed by atoms with Crippen molar-refractivity contribution in [3.63, 3.8) is 0 Å². The minimum absolute atomic E-state index is 0.0992. The van der Waals surface area contributed by atoms with Gasteiger partial charge in [0.1, 0.15) is 0 Å². The van der Waals surface area contributed by atoms with Gasteiger partial charge >= 0.3 is 0 Å². The Hall–Kier alpha value is -1.27. The Balaban J connectivity index is 2.24. The molecule has 2 unspecified atom stereocenters. The topological polar surface area (TPSA) is 71.1 Å². The number of oxime groups is 1. The first-order chi connectivity index (χ1) is 9.01. The lowest BCUT2D eigenvalue weighted by atomic mass is 10.1. The van der Waals surface area contributed by atoms with Crippen LogP contribution < -0.4 is 10.6 Å². The fraction of sp³-hybridized carbons (Fsp3) is 0.462. The smallest absolute Gasteiger partial charge is 0.171 e. The van der Waals surface area contributed by atoms with Crippen LogP contribution in [0.1, 0.15) is 19.4 Å². The van der Waals surface area contributed by atoms with Crippen molar-refractivity contribution < 1.29 is 9.94 Å². The van der Waals surface area contributed by atoms with Crippen LogP contribution in [-0.4, -0.2) is 36.3 Å². The van der Waals surface area contributed by atoms with Gasteiger partial charge in [-0.3, -0.25) is 0 Å². The number of morpholine rings is 1. The van der Waals surface area contributed by atoms with Gasteiger partial charge in [0.05, 0.1) is 12.2 Å². The summed E-state index contributed by atoms with van der Waals surface area (Å²) in [4.78, 5) is 2.28. The monoisotopic (exact) mass is 327 g/mol. The summed E-state index contributed by atoms with van der Waals surface area (Å²) in [6, 6.07) is 5.81. The number of nitrogens with zero attached hydrogens (tertiary/aromatic N) is 2. The molecular weight excluding hydrogens is 310 g/mol. The van der Waals surface area contributed by atoms with Gasteiger partial charge < -0.3 is 20.6 Å². The number of hydrogen-bond acceptors (Lipinski definition) is 4. The third-order valence-electron chi connectivity index (χ3n) is 3.12. The van der Waals surface area contributed by atoms with Crippen molar-refractivity contribution in [3.05, 3.63) is 28.2 Å². The van der Waals surface area contributed by atoms with Gasteiger partial charge in [0.2, 0.25) is 0 Å². The minimum atomic E-state index is 0.0992. The van der Waals surface area contributed by atoms with E-state index in [0.717, 1.165) is 23.2 Å². The van der Waals surface area contributed by atoms with E-state index in [1.165, 1.54) is 0 Å². The van der Waals surface area contributed by atoms with Crippen molar-refractivity contribution in [1.82, 2.24) is 0 Å². The molecular formula is C13H18BrN3O2. The molecule has 0 aromatic heterocycles. The predicted molar refractivity (Wildman–Crippen MR) is 78.9 cm³/mol. The molecule has 104 valence electrons. The fourth-order valence-corrected chi connectivity index (χ4v) is 2.92. The molecule has 0 spiro atoms. The summed E-state index contributed by atoms with van der Waals surface area (Å²) in [5.41, 5.74) is 7.39. The second-order valence-electron chi connectivity index (χ2n) is 4.81. The molecule has 19 heavy (non-hydrogen) atoms. The second kappa shape index (κ2) is 5.79. The maximum Gasteiger partial charge on any atom is 0.171 e. The van der Waals surface area contributed by atoms with Crippen LogP contribution in [0.5, 0.6) is 0 Å². The molecule has 0 aliphatic carbocycles. The van der Waals surface area contributed by atoms with Crippen LogP contribution in [0.2, 0.25) is 0 Å². The molecule has 1 aliphatic rings. The van der Waals surface area contributed by atoms with Crippen molar-refractivity contribution in [2.45, 2.75) is 26.1 Å². The van der Waals surface area contributed by atoms with Gasteiger partial charge in [-0.1, -0.05) is 5.16 Å². The molecule has 0 saturated carbocycles. The summed E-state index contributed by atoms with van der Waals surface area (Å²) in [5.74, 6) is 0.0992. The summed E-state index contributed by atoms with van der Waals surface area (Å²) in [5, 5.41) is 11.7. The number of benzene rings is 1. The number of hydrogen-bond donors (Lipinski definition) is 2. The van der Waals surface area contributed by atoms with Gasteiger partial charge in [0.15, 0.2) is 5.84 Å². The average molecular weight is 328 g/mol. The molecule has 0 bridgehead atoms. The van der Waals surface area contributed by atoms with Crippen molar-refractivity contribution in [2.24, 2.45) is 10.9 Å². The van der Waals surface area contributed by atoms with Gasteiger partial charge in [-0.2, -0.15) is 0 Å². The minimum Gasteiger partial charge on any atom is -0.409 e. The quantitative estimate of drug-likeness (QED) is 0.378. The molecule has 5 nitrogen and oxygen atoms in total. The average Bonchev–Trinajstić information content (AvgIpc) is 2.36. The summed E-state index contributed by atoms with van der Waals surface area (Å²) in [6.07, 6.45) is 0.428. The Kier molecular flexibility index (Phi) is 4.31. The van der Waals surface area contributed by atoms with Gasteiger partial charge in [0, 0.05) is 28.8 Å². The van der Waals surface area contributed by atoms with E-state index in [9.17, 15) is 0 Å². The number of amidine groups is 1. The molecule has 1 saturated heterocycles. The van der Waals surface area contributed by atoms with Crippen LogP contribution >= 0.6 is 15.9 Å². The van der Waals surface area contributed by atoms with Gasteiger partial charge in [-0.05, 0) is 48.0 Å². The molecule has 1 fully saturated rings. The fourth-order valence-electron chi connectivity index (χ4n) is 2.35. The van der Waals surface area contributed by atoms with E-state index >= 15 is 0 Å². The zero-order valence-corrected chi connectivity index (χ0v) is 12.6. The van der Waals surface area contributed by atoms with E-state index in [1.807, 2.05) is 18.2 Å². The SMILES string of the molecule is CC1CN(c2ccc(/C(N)=N/O)c(Br)c2)CC(C)O1. The highest BCUT2D eigenvalue weighted by Gasteiger charge is 2.22. The lowest BCUT2D eigenvalue weighted by Gasteiger charge is -2.37. The van der Waals surface area contributed by atoms with Gasteiger partial charge in [-0.15, -0.1) is 0 Å². The van der Waals surface area contributed by atoms with Gasteiger partial charge in [-0.25, -0.2) is 0 Å². The number of anilines is 1. The summed E-state index contributed by atoms with van der Waals surface area (Å²) < 4.78 is 6.53. The molecule has 2 rings (SSSR count). The number of nitrogens with two attached hydrogens (primary N) is 1. The molecule has 0 amide bonds. The molecule has 1 aliphatic heterocycles. The molecule has 1 aromatic rings. The third kappa shape index (κ3) is 3.19. The van der Waals surface area contributed by atoms with E-state index in [-0.39, 0.29) is 18.0 Å². The number of rotatable bonds is 2. The Morgan fingerprint density at radius 1 is 1.42 bits per heavy atom. The maximum atomic E-state index is 8.72. The van der Waals surface area contributed by atoms with E-state index in [1.54, 1.807) is 0 Å². The summed E-state index contributed by atoms with van der Waals surface area (Å²) in [6.45, 7) is 5.87. The highest BCUT2D eigenvalue weighted by Crippen LogP contribution is 2.26. The Morgan fingerprint density at radius 3 is 2.58 bits per heavy atom. The highest BCUT2D eigenvalue weighted by molar-refractivity contribution is 9.10. The van der Waals surface area contributed by atoms with Crippen molar-refractivity contribution in [2.75, 3.05) is 18.0 Å². The summed E-state index contributed by atoms with van der Waals surface area (Å²) in [7, 11) is 0. The van der Waals surface area contributed by atoms with Crippen LogP contribution in [-0.2, 0) is 4.74 Å². The molecule has 2 atom stereocenters. The van der Waals surface area contributed by atoms with Crippen LogP contribution in [0.15, 0.2) is 27.8 Å². The summed E-state index contributed by atoms with van der Waals surface area (Å²) >= 11 is 3.46. The standard InChI is InChI=1S/C13H18BrN3O2/c1-8-6-17(7-9(2)19-8)10-3-4-11(12(14)5-10)13(15)16-18/h3-5,8-9,18H,6-7H2,1-2H3,(H2,15,16). The van der Waals surface area contributed by atoms with Gasteiger partial charge in [0.25, 0.3) is 0 Å². The third-order valence-corrected chi connectivity index (χ3v) is 3.78. The lowest BCUT2D eigenvalue weighted by molar-refractivity contribution is -0.00521. The van der Waals surface area contributed by atoms with E-state index in [0.29, 0.717) is 5.56 Å². The first-order valence-corrected chi connectivity index (χ1v) is 6.98. The normalized spacial score (nSPS) is 24.6. The van der Waals surface area contributed by atoms with Crippen LogP contribution in [0.4, 0.5) is 5.69 Å². The zero-order chi connectivity index (χ0) is 14.0. The Labute approximate surface area is 121 Å².